The van der Waals surface area contributed by atoms with Crippen molar-refractivity contribution in [2.75, 3.05) is 0 Å². The van der Waals surface area contributed by atoms with Gasteiger partial charge < -0.3 is 0 Å². The van der Waals surface area contributed by atoms with Crippen LogP contribution in [0.1, 0.15) is 79.1 Å². The van der Waals surface area contributed by atoms with E-state index in [0.717, 1.165) is 23.7 Å². The molecule has 0 heterocycles. The molecule has 0 heteroatoms. The molecule has 8 aliphatic carbocycles. The third kappa shape index (κ3) is 1.19. The first kappa shape index (κ1) is 12.5. The van der Waals surface area contributed by atoms with E-state index >= 15 is 0 Å². The topological polar surface area (TPSA) is 0 Å². The Labute approximate surface area is 125 Å². The summed E-state index contributed by atoms with van der Waals surface area (Å²) in [5.74, 6) is 4.28. The summed E-state index contributed by atoms with van der Waals surface area (Å²) in [6.45, 7) is 10.7. The van der Waals surface area contributed by atoms with Crippen LogP contribution in [0.3, 0.4) is 0 Å². The van der Waals surface area contributed by atoms with Crippen molar-refractivity contribution in [3.63, 3.8) is 0 Å². The maximum Gasteiger partial charge on any atom is -0.0266 e. The van der Waals surface area contributed by atoms with Crippen molar-refractivity contribution in [3.8, 4) is 0 Å². The molecule has 0 N–H and O–H groups in total. The summed E-state index contributed by atoms with van der Waals surface area (Å²) in [4.78, 5) is 0. The first-order valence-electron chi connectivity index (χ1n) is 9.26. The molecule has 0 aliphatic heterocycles. The Morgan fingerprint density at radius 3 is 0.700 bits per heavy atom. The predicted molar refractivity (Wildman–Crippen MR) is 83.3 cm³/mol. The average molecular weight is 272 g/mol. The zero-order chi connectivity index (χ0) is 14.0. The quantitative estimate of drug-likeness (QED) is 0.533. The molecule has 112 valence electrons. The van der Waals surface area contributed by atoms with Crippen molar-refractivity contribution in [1.29, 1.82) is 0 Å². The fraction of sp³-hybridized carbons (Fsp3) is 1.00. The summed E-state index contributed by atoms with van der Waals surface area (Å²) in [7, 11) is 0. The van der Waals surface area contributed by atoms with Gasteiger partial charge in [-0.2, -0.15) is 0 Å². The van der Waals surface area contributed by atoms with Crippen molar-refractivity contribution >= 4 is 0 Å². The van der Waals surface area contributed by atoms with E-state index in [1.54, 1.807) is 51.4 Å². The van der Waals surface area contributed by atoms with Gasteiger partial charge >= 0.3 is 0 Å². The van der Waals surface area contributed by atoms with Crippen molar-refractivity contribution in [3.05, 3.63) is 0 Å². The normalized spacial score (nSPS) is 70.2. The lowest BCUT2D eigenvalue weighted by molar-refractivity contribution is 0.157. The van der Waals surface area contributed by atoms with Gasteiger partial charge in [0.05, 0.1) is 0 Å². The molecule has 8 rings (SSSR count). The fourth-order valence-corrected chi connectivity index (χ4v) is 8.56. The fourth-order valence-electron chi connectivity index (χ4n) is 8.56. The molecular formula is C20H32. The molecule has 0 unspecified atom stereocenters. The Kier molecular flexibility index (Phi) is 1.99. The minimum Gasteiger partial charge on any atom is -0.0591 e. The van der Waals surface area contributed by atoms with Gasteiger partial charge in [0.25, 0.3) is 0 Å². The van der Waals surface area contributed by atoms with Gasteiger partial charge in [-0.15, -0.1) is 0 Å². The Morgan fingerprint density at radius 1 is 0.400 bits per heavy atom. The zero-order valence-electron chi connectivity index (χ0n) is 14.0. The SMILES string of the molecule is CC12CC3CC1(C)CC(C2)C1CC2(C)CC3CC2(C)C1. The van der Waals surface area contributed by atoms with Crippen LogP contribution in [0.2, 0.25) is 0 Å². The molecule has 0 aromatic heterocycles. The van der Waals surface area contributed by atoms with Crippen LogP contribution < -0.4 is 0 Å². The van der Waals surface area contributed by atoms with Gasteiger partial charge in [-0.25, -0.2) is 0 Å². The van der Waals surface area contributed by atoms with Crippen molar-refractivity contribution < 1.29 is 0 Å². The Bertz CT molecular complexity index is 360. The Hall–Kier alpha value is 0. The van der Waals surface area contributed by atoms with Crippen LogP contribution in [0.15, 0.2) is 0 Å². The Balaban J connectivity index is 1.64. The lowest BCUT2D eigenvalue weighted by Gasteiger charge is -2.34. The second-order valence-electron chi connectivity index (χ2n) is 10.9. The van der Waals surface area contributed by atoms with Gasteiger partial charge in [0.2, 0.25) is 0 Å². The summed E-state index contributed by atoms with van der Waals surface area (Å²) in [6, 6.07) is 0. The van der Waals surface area contributed by atoms with Gasteiger partial charge in [-0.1, -0.05) is 27.7 Å². The van der Waals surface area contributed by atoms with Crippen molar-refractivity contribution in [2.45, 2.75) is 79.1 Å². The standard InChI is InChI=1S/C20H32/c1-17-5-13-7-18(17,2)8-14(6-17)16-10-19(3)9-15(13)11-20(19,4)12-16/h13-16H,5-12H2,1-4H3. The smallest absolute Gasteiger partial charge is 0.0266 e. The predicted octanol–water partition coefficient (Wildman–Crippen LogP) is 5.67. The average Bonchev–Trinajstić information content (AvgIpc) is 2.86. The van der Waals surface area contributed by atoms with Gasteiger partial charge in [0, 0.05) is 0 Å². The molecule has 0 radical (unpaired) electrons. The lowest BCUT2D eigenvalue weighted by atomic mass is 9.71. The molecule has 0 atom stereocenters. The third-order valence-electron chi connectivity index (χ3n) is 9.95. The first-order chi connectivity index (χ1) is 9.26. The van der Waals surface area contributed by atoms with Crippen LogP contribution in [0, 0.1) is 45.3 Å². The molecule has 0 saturated heterocycles. The van der Waals surface area contributed by atoms with Gasteiger partial charge in [-0.3, -0.25) is 0 Å². The molecule has 8 aliphatic rings. The third-order valence-corrected chi connectivity index (χ3v) is 9.95. The van der Waals surface area contributed by atoms with E-state index in [1.165, 1.54) is 0 Å². The summed E-state index contributed by atoms with van der Waals surface area (Å²) in [5, 5.41) is 0. The molecular weight excluding hydrogens is 240 g/mol. The molecule has 8 saturated carbocycles. The second kappa shape index (κ2) is 3.18. The highest BCUT2D eigenvalue weighted by molar-refractivity contribution is 5.17. The number of rotatable bonds is 0. The second-order valence-corrected chi connectivity index (χ2v) is 10.9. The van der Waals surface area contributed by atoms with Crippen LogP contribution >= 0.6 is 0 Å². The molecule has 0 nitrogen and oxygen atoms in total. The summed E-state index contributed by atoms with van der Waals surface area (Å²) < 4.78 is 0. The van der Waals surface area contributed by atoms with E-state index in [2.05, 4.69) is 27.7 Å². The zero-order valence-corrected chi connectivity index (χ0v) is 14.0. The highest BCUT2D eigenvalue weighted by atomic mass is 14.7. The van der Waals surface area contributed by atoms with Crippen LogP contribution in [0.5, 0.6) is 0 Å². The maximum atomic E-state index is 2.67. The first-order valence-corrected chi connectivity index (χ1v) is 9.26. The van der Waals surface area contributed by atoms with Gasteiger partial charge in [0.15, 0.2) is 0 Å². The molecule has 8 fully saturated rings. The summed E-state index contributed by atoms with van der Waals surface area (Å²) >= 11 is 0. The highest BCUT2D eigenvalue weighted by Crippen LogP contribution is 2.77. The molecule has 0 aromatic carbocycles. The van der Waals surface area contributed by atoms with E-state index in [4.69, 9.17) is 0 Å². The molecule has 0 amide bonds. The van der Waals surface area contributed by atoms with E-state index in [9.17, 15) is 0 Å². The maximum absolute atomic E-state index is 2.67. The molecule has 8 bridgehead atoms. The largest absolute Gasteiger partial charge is 0.0591 e. The molecule has 0 aromatic rings. The van der Waals surface area contributed by atoms with Crippen LogP contribution in [0.4, 0.5) is 0 Å². The molecule has 20 heavy (non-hydrogen) atoms. The van der Waals surface area contributed by atoms with E-state index in [0.29, 0.717) is 21.7 Å². The van der Waals surface area contributed by atoms with E-state index in [1.807, 2.05) is 0 Å². The number of hydrogen-bond acceptors (Lipinski definition) is 0. The van der Waals surface area contributed by atoms with Gasteiger partial charge in [0.1, 0.15) is 0 Å². The van der Waals surface area contributed by atoms with E-state index in [-0.39, 0.29) is 0 Å². The minimum absolute atomic E-state index is 0.699. The van der Waals surface area contributed by atoms with Crippen LogP contribution in [-0.4, -0.2) is 0 Å². The van der Waals surface area contributed by atoms with Crippen LogP contribution in [-0.2, 0) is 0 Å². The van der Waals surface area contributed by atoms with Crippen LogP contribution in [0.25, 0.3) is 0 Å². The molecule has 0 spiro atoms. The Morgan fingerprint density at radius 2 is 0.550 bits per heavy atom. The van der Waals surface area contributed by atoms with E-state index < -0.39 is 0 Å². The van der Waals surface area contributed by atoms with Crippen molar-refractivity contribution in [2.24, 2.45) is 45.3 Å². The van der Waals surface area contributed by atoms with Crippen molar-refractivity contribution in [1.82, 2.24) is 0 Å². The minimum atomic E-state index is 0.699. The number of hydrogen-bond donors (Lipinski definition) is 0. The lowest BCUT2D eigenvalue weighted by Crippen LogP contribution is -2.25. The monoisotopic (exact) mass is 272 g/mol. The summed E-state index contributed by atoms with van der Waals surface area (Å²) in [5.41, 5.74) is 2.80. The highest BCUT2D eigenvalue weighted by Gasteiger charge is 2.67. The van der Waals surface area contributed by atoms with Gasteiger partial charge in [-0.05, 0) is 96.7 Å². The summed E-state index contributed by atoms with van der Waals surface area (Å²) in [6.07, 6.45) is 12.6.